The predicted molar refractivity (Wildman–Crippen MR) is 52.9 cm³/mol. The molecule has 0 saturated heterocycles. The van der Waals surface area contributed by atoms with E-state index in [1.165, 1.54) is 12.8 Å². The van der Waals surface area contributed by atoms with Crippen LogP contribution in [0.15, 0.2) is 0 Å². The molecule has 4 heteroatoms. The zero-order valence-electron chi connectivity index (χ0n) is 7.35. The summed E-state index contributed by atoms with van der Waals surface area (Å²) in [4.78, 5) is 11.5. The summed E-state index contributed by atoms with van der Waals surface area (Å²) in [6, 6.07) is 0.372. The molecule has 0 heterocycles. The highest BCUT2D eigenvalue weighted by Crippen LogP contribution is 2.53. The third kappa shape index (κ3) is 2.10. The van der Waals surface area contributed by atoms with Crippen LogP contribution in [0, 0.1) is 5.92 Å². The molecule has 2 aliphatic carbocycles. The molecule has 2 nitrogen and oxygen atoms in total. The van der Waals surface area contributed by atoms with Crippen molar-refractivity contribution in [2.75, 3.05) is 0 Å². The summed E-state index contributed by atoms with van der Waals surface area (Å²) >= 11 is 11.6. The maximum Gasteiger partial charge on any atom is 0.226 e. The zero-order valence-corrected chi connectivity index (χ0v) is 8.87. The van der Waals surface area contributed by atoms with Crippen molar-refractivity contribution in [2.24, 2.45) is 5.92 Å². The van der Waals surface area contributed by atoms with Gasteiger partial charge >= 0.3 is 0 Å². The van der Waals surface area contributed by atoms with Gasteiger partial charge in [-0.25, -0.2) is 0 Å². The van der Waals surface area contributed by atoms with E-state index in [0.717, 1.165) is 12.8 Å². The Hall–Kier alpha value is 0.0500. The molecule has 1 amide bonds. The maximum atomic E-state index is 11.5. The summed E-state index contributed by atoms with van der Waals surface area (Å²) in [6.45, 7) is 0. The first-order chi connectivity index (χ1) is 6.09. The van der Waals surface area contributed by atoms with Gasteiger partial charge in [-0.2, -0.15) is 0 Å². The van der Waals surface area contributed by atoms with E-state index in [1.807, 2.05) is 0 Å². The van der Waals surface area contributed by atoms with Gasteiger partial charge in [0, 0.05) is 6.04 Å². The maximum absolute atomic E-state index is 11.5. The molecule has 2 fully saturated rings. The van der Waals surface area contributed by atoms with Gasteiger partial charge in [-0.15, -0.1) is 23.2 Å². The van der Waals surface area contributed by atoms with Crippen LogP contribution >= 0.6 is 23.2 Å². The quantitative estimate of drug-likeness (QED) is 0.713. The molecule has 0 spiro atoms. The zero-order chi connectivity index (χ0) is 9.47. The van der Waals surface area contributed by atoms with Gasteiger partial charge in [-0.1, -0.05) is 12.8 Å². The molecule has 74 valence electrons. The largest absolute Gasteiger partial charge is 0.353 e. The van der Waals surface area contributed by atoms with E-state index in [-0.39, 0.29) is 11.8 Å². The van der Waals surface area contributed by atoms with Gasteiger partial charge in [0.1, 0.15) is 4.33 Å². The fourth-order valence-corrected chi connectivity index (χ4v) is 2.38. The SMILES string of the molecule is O=C(NC1CCCC1)C1CC1(Cl)Cl. The van der Waals surface area contributed by atoms with Crippen LogP contribution in [0.1, 0.15) is 32.1 Å². The van der Waals surface area contributed by atoms with Crippen molar-refractivity contribution < 1.29 is 4.79 Å². The number of carbonyl (C=O) groups excluding carboxylic acids is 1. The molecule has 0 radical (unpaired) electrons. The van der Waals surface area contributed by atoms with Crippen molar-refractivity contribution in [3.8, 4) is 0 Å². The molecule has 1 atom stereocenters. The second-order valence-corrected chi connectivity index (χ2v) is 5.55. The first-order valence-corrected chi connectivity index (χ1v) is 5.53. The van der Waals surface area contributed by atoms with Crippen LogP contribution in [0.5, 0.6) is 0 Å². The van der Waals surface area contributed by atoms with Gasteiger partial charge in [0.05, 0.1) is 5.92 Å². The second-order valence-electron chi connectivity index (χ2n) is 4.01. The molecule has 0 aromatic carbocycles. The van der Waals surface area contributed by atoms with E-state index in [9.17, 15) is 4.79 Å². The summed E-state index contributed by atoms with van der Waals surface area (Å²) in [5.41, 5.74) is 0. The minimum absolute atomic E-state index is 0.0388. The molecule has 0 aromatic rings. The van der Waals surface area contributed by atoms with Gasteiger partial charge in [-0.3, -0.25) is 4.79 Å². The van der Waals surface area contributed by atoms with Gasteiger partial charge in [0.15, 0.2) is 0 Å². The Balaban J connectivity index is 1.79. The molecule has 2 rings (SSSR count). The number of hydrogen-bond donors (Lipinski definition) is 1. The van der Waals surface area contributed by atoms with Gasteiger partial charge in [0.25, 0.3) is 0 Å². The van der Waals surface area contributed by atoms with E-state index >= 15 is 0 Å². The first kappa shape index (κ1) is 9.60. The fourth-order valence-electron chi connectivity index (χ4n) is 1.87. The number of rotatable bonds is 2. The Morgan fingerprint density at radius 2 is 1.85 bits per heavy atom. The molecule has 2 saturated carbocycles. The molecule has 2 aliphatic rings. The topological polar surface area (TPSA) is 29.1 Å². The third-order valence-corrected chi connectivity index (χ3v) is 3.68. The van der Waals surface area contributed by atoms with Crippen LogP contribution in [0.25, 0.3) is 0 Å². The lowest BCUT2D eigenvalue weighted by Crippen LogP contribution is -2.34. The van der Waals surface area contributed by atoms with Gasteiger partial charge in [-0.05, 0) is 19.3 Å². The molecule has 1 N–H and O–H groups in total. The molecular formula is C9H13Cl2NO. The van der Waals surface area contributed by atoms with Crippen molar-refractivity contribution in [1.29, 1.82) is 0 Å². The Morgan fingerprint density at radius 1 is 1.31 bits per heavy atom. The lowest BCUT2D eigenvalue weighted by atomic mass is 10.2. The van der Waals surface area contributed by atoms with Crippen LogP contribution in [-0.4, -0.2) is 16.3 Å². The highest BCUT2D eigenvalue weighted by atomic mass is 35.5. The summed E-state index contributed by atoms with van der Waals surface area (Å²) in [7, 11) is 0. The Labute approximate surface area is 88.0 Å². The van der Waals surface area contributed by atoms with Crippen LogP contribution in [0.4, 0.5) is 0 Å². The summed E-state index contributed by atoms with van der Waals surface area (Å²) in [5, 5.41) is 2.99. The van der Waals surface area contributed by atoms with Crippen molar-refractivity contribution in [2.45, 2.75) is 42.5 Å². The van der Waals surface area contributed by atoms with Crippen molar-refractivity contribution in [1.82, 2.24) is 5.32 Å². The second kappa shape index (κ2) is 3.32. The molecule has 0 bridgehead atoms. The summed E-state index contributed by atoms with van der Waals surface area (Å²) in [6.07, 6.45) is 5.27. The van der Waals surface area contributed by atoms with E-state index in [1.54, 1.807) is 0 Å². The Bertz CT molecular complexity index is 224. The van der Waals surface area contributed by atoms with Gasteiger partial charge in [0.2, 0.25) is 5.91 Å². The first-order valence-electron chi connectivity index (χ1n) is 4.78. The lowest BCUT2D eigenvalue weighted by molar-refractivity contribution is -0.123. The smallest absolute Gasteiger partial charge is 0.226 e. The molecule has 13 heavy (non-hydrogen) atoms. The molecule has 1 unspecified atom stereocenters. The fraction of sp³-hybridized carbons (Fsp3) is 0.889. The van der Waals surface area contributed by atoms with E-state index in [2.05, 4.69) is 5.32 Å². The minimum atomic E-state index is -0.775. The predicted octanol–water partition coefficient (Wildman–Crippen LogP) is 2.24. The Kier molecular flexibility index (Phi) is 2.45. The standard InChI is InChI=1S/C9H13Cl2NO/c10-9(11)5-7(9)8(13)12-6-3-1-2-4-6/h6-7H,1-5H2,(H,12,13). The average molecular weight is 222 g/mol. The molecular weight excluding hydrogens is 209 g/mol. The van der Waals surface area contributed by atoms with Crippen LogP contribution < -0.4 is 5.32 Å². The van der Waals surface area contributed by atoms with E-state index in [0.29, 0.717) is 12.5 Å². The number of amides is 1. The molecule has 0 aromatic heterocycles. The summed E-state index contributed by atoms with van der Waals surface area (Å²) < 4.78 is -0.775. The highest BCUT2D eigenvalue weighted by Gasteiger charge is 2.56. The van der Waals surface area contributed by atoms with E-state index < -0.39 is 4.33 Å². The van der Waals surface area contributed by atoms with Crippen molar-refractivity contribution in [3.63, 3.8) is 0 Å². The molecule has 0 aliphatic heterocycles. The van der Waals surface area contributed by atoms with Crippen LogP contribution in [0.3, 0.4) is 0 Å². The average Bonchev–Trinajstić information content (AvgIpc) is 2.49. The van der Waals surface area contributed by atoms with Crippen molar-refractivity contribution >= 4 is 29.1 Å². The number of alkyl halides is 2. The number of nitrogens with one attached hydrogen (secondary N) is 1. The third-order valence-electron chi connectivity index (χ3n) is 2.84. The normalized spacial score (nSPS) is 31.7. The van der Waals surface area contributed by atoms with Crippen LogP contribution in [-0.2, 0) is 4.79 Å². The number of hydrogen-bond acceptors (Lipinski definition) is 1. The Morgan fingerprint density at radius 3 is 2.31 bits per heavy atom. The van der Waals surface area contributed by atoms with Crippen LogP contribution in [0.2, 0.25) is 0 Å². The lowest BCUT2D eigenvalue weighted by Gasteiger charge is -2.11. The summed E-state index contributed by atoms with van der Waals surface area (Å²) in [5.74, 6) is -0.131. The number of halogens is 2. The number of carbonyl (C=O) groups is 1. The van der Waals surface area contributed by atoms with E-state index in [4.69, 9.17) is 23.2 Å². The van der Waals surface area contributed by atoms with Gasteiger partial charge < -0.3 is 5.32 Å². The highest BCUT2D eigenvalue weighted by molar-refractivity contribution is 6.52. The van der Waals surface area contributed by atoms with Crippen molar-refractivity contribution in [3.05, 3.63) is 0 Å². The monoisotopic (exact) mass is 221 g/mol. The minimum Gasteiger partial charge on any atom is -0.353 e.